The summed E-state index contributed by atoms with van der Waals surface area (Å²) in [6.07, 6.45) is 1.56. The van der Waals surface area contributed by atoms with Crippen molar-refractivity contribution >= 4 is 30.7 Å². The van der Waals surface area contributed by atoms with Crippen LogP contribution in [0.2, 0.25) is 19.6 Å². The van der Waals surface area contributed by atoms with E-state index in [9.17, 15) is 9.59 Å². The van der Waals surface area contributed by atoms with Crippen LogP contribution in [-0.4, -0.2) is 31.3 Å². The molecular formula is C20H19NO2Si. The lowest BCUT2D eigenvalue weighted by molar-refractivity contribution is 0.0629. The molecule has 0 spiro atoms. The standard InChI is InChI=1S/C20H19NO2Si/c1-5-12-21-19(22)16-8-6-7-15-14(11-13-24(2,3)4)9-10-17(18(15)16)20(21)23/h5-10H,1,12H2,2-4H3. The Morgan fingerprint density at radius 3 is 2.38 bits per heavy atom. The highest BCUT2D eigenvalue weighted by Gasteiger charge is 2.32. The van der Waals surface area contributed by atoms with Crippen LogP contribution in [0.5, 0.6) is 0 Å². The third-order valence-electron chi connectivity index (χ3n) is 3.88. The zero-order valence-corrected chi connectivity index (χ0v) is 15.1. The Hall–Kier alpha value is -2.64. The first kappa shape index (κ1) is 16.2. The lowest BCUT2D eigenvalue weighted by Gasteiger charge is -2.26. The molecule has 0 bridgehead atoms. The van der Waals surface area contributed by atoms with Gasteiger partial charge in [0.25, 0.3) is 11.8 Å². The lowest BCUT2D eigenvalue weighted by Crippen LogP contribution is -2.40. The molecule has 0 radical (unpaired) electrons. The zero-order valence-electron chi connectivity index (χ0n) is 14.1. The van der Waals surface area contributed by atoms with Gasteiger partial charge in [-0.25, -0.2) is 0 Å². The van der Waals surface area contributed by atoms with E-state index in [1.165, 1.54) is 4.90 Å². The van der Waals surface area contributed by atoms with Gasteiger partial charge in [0.1, 0.15) is 8.07 Å². The number of carbonyl (C=O) groups excluding carboxylic acids is 2. The number of hydrogen-bond donors (Lipinski definition) is 0. The Bertz CT molecular complexity index is 919. The van der Waals surface area contributed by atoms with Crippen LogP contribution < -0.4 is 0 Å². The molecule has 4 heteroatoms. The molecule has 0 saturated carbocycles. The summed E-state index contributed by atoms with van der Waals surface area (Å²) in [6.45, 7) is 10.4. The normalized spacial score (nSPS) is 13.7. The Kier molecular flexibility index (Phi) is 3.90. The van der Waals surface area contributed by atoms with Crippen LogP contribution in [0.25, 0.3) is 10.8 Å². The molecule has 0 unspecified atom stereocenters. The summed E-state index contributed by atoms with van der Waals surface area (Å²) < 4.78 is 0. The van der Waals surface area contributed by atoms with Gasteiger partial charge in [0.15, 0.2) is 0 Å². The van der Waals surface area contributed by atoms with Gasteiger partial charge in [0.05, 0.1) is 0 Å². The number of benzene rings is 2. The summed E-state index contributed by atoms with van der Waals surface area (Å²) in [5, 5.41) is 1.59. The fourth-order valence-corrected chi connectivity index (χ4v) is 3.31. The van der Waals surface area contributed by atoms with Gasteiger partial charge in [0, 0.05) is 28.6 Å². The second-order valence-corrected chi connectivity index (χ2v) is 11.6. The van der Waals surface area contributed by atoms with Crippen molar-refractivity contribution in [3.8, 4) is 11.5 Å². The molecule has 0 aliphatic carbocycles. The van der Waals surface area contributed by atoms with E-state index >= 15 is 0 Å². The summed E-state index contributed by atoms with van der Waals surface area (Å²) in [4.78, 5) is 26.6. The van der Waals surface area contributed by atoms with Crippen molar-refractivity contribution in [2.75, 3.05) is 6.54 Å². The minimum absolute atomic E-state index is 0.213. The van der Waals surface area contributed by atoms with Crippen molar-refractivity contribution in [3.63, 3.8) is 0 Å². The second kappa shape index (κ2) is 5.77. The molecule has 0 N–H and O–H groups in total. The molecule has 2 aromatic carbocycles. The molecule has 0 fully saturated rings. The minimum atomic E-state index is -1.51. The average Bonchev–Trinajstić information content (AvgIpc) is 2.54. The first-order chi connectivity index (χ1) is 11.3. The highest BCUT2D eigenvalue weighted by molar-refractivity contribution is 6.83. The topological polar surface area (TPSA) is 37.4 Å². The molecular weight excluding hydrogens is 314 g/mol. The van der Waals surface area contributed by atoms with Crippen molar-refractivity contribution in [1.29, 1.82) is 0 Å². The number of hydrogen-bond acceptors (Lipinski definition) is 2. The molecule has 0 saturated heterocycles. The average molecular weight is 333 g/mol. The van der Waals surface area contributed by atoms with Crippen molar-refractivity contribution in [1.82, 2.24) is 4.90 Å². The molecule has 1 heterocycles. The molecule has 0 aromatic heterocycles. The van der Waals surface area contributed by atoms with E-state index in [1.54, 1.807) is 18.2 Å². The van der Waals surface area contributed by atoms with Crippen LogP contribution in [0.3, 0.4) is 0 Å². The van der Waals surface area contributed by atoms with Gasteiger partial charge in [-0.1, -0.05) is 43.8 Å². The van der Waals surface area contributed by atoms with Crippen LogP contribution in [-0.2, 0) is 0 Å². The van der Waals surface area contributed by atoms with Crippen molar-refractivity contribution in [3.05, 3.63) is 59.7 Å². The SMILES string of the molecule is C=CCN1C(=O)c2cccc3c(C#C[Si](C)(C)C)ccc(c23)C1=O. The van der Waals surface area contributed by atoms with E-state index < -0.39 is 8.07 Å². The maximum Gasteiger partial charge on any atom is 0.261 e. The Morgan fingerprint density at radius 2 is 1.75 bits per heavy atom. The lowest BCUT2D eigenvalue weighted by atomic mass is 9.91. The molecule has 3 rings (SSSR count). The summed E-state index contributed by atoms with van der Waals surface area (Å²) in [5.41, 5.74) is 5.34. The highest BCUT2D eigenvalue weighted by Crippen LogP contribution is 2.31. The van der Waals surface area contributed by atoms with Crippen LogP contribution in [0, 0.1) is 11.5 Å². The van der Waals surface area contributed by atoms with Gasteiger partial charge >= 0.3 is 0 Å². The molecule has 3 nitrogen and oxygen atoms in total. The summed E-state index contributed by atoms with van der Waals surface area (Å²) >= 11 is 0. The van der Waals surface area contributed by atoms with E-state index in [0.717, 1.165) is 16.3 Å². The summed E-state index contributed by atoms with van der Waals surface area (Å²) in [5.74, 6) is 2.72. The van der Waals surface area contributed by atoms with Crippen molar-refractivity contribution < 1.29 is 9.59 Å². The van der Waals surface area contributed by atoms with Crippen LogP contribution in [0.15, 0.2) is 43.0 Å². The smallest absolute Gasteiger partial charge is 0.261 e. The monoisotopic (exact) mass is 333 g/mol. The van der Waals surface area contributed by atoms with Gasteiger partial charge in [-0.3, -0.25) is 14.5 Å². The third-order valence-corrected chi connectivity index (χ3v) is 4.75. The summed E-state index contributed by atoms with van der Waals surface area (Å²) in [6, 6.07) is 9.22. The maximum atomic E-state index is 12.7. The Balaban J connectivity index is 2.27. The zero-order chi connectivity index (χ0) is 17.5. The van der Waals surface area contributed by atoms with E-state index in [0.29, 0.717) is 11.1 Å². The second-order valence-electron chi connectivity index (χ2n) is 6.90. The fraction of sp³-hybridized carbons (Fsp3) is 0.200. The number of rotatable bonds is 2. The van der Waals surface area contributed by atoms with Gasteiger partial charge in [-0.2, -0.15) is 0 Å². The molecule has 1 aliphatic heterocycles. The predicted octanol–water partition coefficient (Wildman–Crippen LogP) is 3.85. The molecule has 24 heavy (non-hydrogen) atoms. The van der Waals surface area contributed by atoms with Crippen LogP contribution in [0.4, 0.5) is 0 Å². The Morgan fingerprint density at radius 1 is 1.08 bits per heavy atom. The van der Waals surface area contributed by atoms with Gasteiger partial charge in [-0.15, -0.1) is 12.1 Å². The minimum Gasteiger partial charge on any atom is -0.270 e. The van der Waals surface area contributed by atoms with Crippen molar-refractivity contribution in [2.24, 2.45) is 0 Å². The fourth-order valence-electron chi connectivity index (χ4n) is 2.80. The molecule has 0 atom stereocenters. The maximum absolute atomic E-state index is 12.7. The quantitative estimate of drug-likeness (QED) is 0.362. The molecule has 2 amide bonds. The van der Waals surface area contributed by atoms with E-state index in [4.69, 9.17) is 0 Å². The van der Waals surface area contributed by atoms with Crippen molar-refractivity contribution in [2.45, 2.75) is 19.6 Å². The molecule has 120 valence electrons. The van der Waals surface area contributed by atoms with Gasteiger partial charge in [0.2, 0.25) is 0 Å². The number of nitrogens with zero attached hydrogens (tertiary/aromatic N) is 1. The largest absolute Gasteiger partial charge is 0.270 e. The number of carbonyl (C=O) groups is 2. The van der Waals surface area contributed by atoms with E-state index in [2.05, 4.69) is 37.7 Å². The highest BCUT2D eigenvalue weighted by atomic mass is 28.3. The first-order valence-electron chi connectivity index (χ1n) is 7.89. The summed E-state index contributed by atoms with van der Waals surface area (Å²) in [7, 11) is -1.51. The van der Waals surface area contributed by atoms with Gasteiger partial charge in [-0.05, 0) is 23.6 Å². The molecule has 2 aromatic rings. The van der Waals surface area contributed by atoms with E-state index in [-0.39, 0.29) is 18.4 Å². The van der Waals surface area contributed by atoms with Gasteiger partial charge < -0.3 is 0 Å². The Labute approximate surface area is 143 Å². The number of amides is 2. The van der Waals surface area contributed by atoms with Crippen LogP contribution in [0.1, 0.15) is 26.3 Å². The first-order valence-corrected chi connectivity index (χ1v) is 11.4. The molecule has 1 aliphatic rings. The van der Waals surface area contributed by atoms with E-state index in [1.807, 2.05) is 18.2 Å². The van der Waals surface area contributed by atoms with Crippen LogP contribution >= 0.6 is 0 Å². The predicted molar refractivity (Wildman–Crippen MR) is 99.7 cm³/mol. The third kappa shape index (κ3) is 2.68. The number of imide groups is 1.